The fourth-order valence-corrected chi connectivity index (χ4v) is 4.12. The lowest BCUT2D eigenvalue weighted by molar-refractivity contribution is -0.137. The molecule has 0 saturated carbocycles. The zero-order valence-corrected chi connectivity index (χ0v) is 20.4. The van der Waals surface area contributed by atoms with Crippen molar-refractivity contribution >= 4 is 23.2 Å². The molecule has 0 aromatic heterocycles. The van der Waals surface area contributed by atoms with Crippen LogP contribution in [0.1, 0.15) is 50.9 Å². The van der Waals surface area contributed by atoms with Gasteiger partial charge in [-0.25, -0.2) is 0 Å². The molecule has 1 aliphatic rings. The summed E-state index contributed by atoms with van der Waals surface area (Å²) in [5.74, 6) is 0.0964. The molecule has 2 amide bonds. The lowest BCUT2D eigenvalue weighted by atomic mass is 10.00. The van der Waals surface area contributed by atoms with Crippen LogP contribution in [0.3, 0.4) is 0 Å². The van der Waals surface area contributed by atoms with Gasteiger partial charge in [0.15, 0.2) is 6.29 Å². The first-order chi connectivity index (χ1) is 16.1. The van der Waals surface area contributed by atoms with Gasteiger partial charge in [-0.15, -0.1) is 0 Å². The fraction of sp³-hybridized carbons (Fsp3) is 0.462. The summed E-state index contributed by atoms with van der Waals surface area (Å²) in [6, 6.07) is 13.2. The molecule has 0 spiro atoms. The van der Waals surface area contributed by atoms with Crippen LogP contribution in [0.5, 0.6) is 5.75 Å². The summed E-state index contributed by atoms with van der Waals surface area (Å²) in [7, 11) is 1.59. The Kier molecular flexibility index (Phi) is 8.17. The van der Waals surface area contributed by atoms with Crippen molar-refractivity contribution < 1.29 is 24.2 Å². The molecule has 184 valence electrons. The summed E-state index contributed by atoms with van der Waals surface area (Å²) >= 11 is 0. The standard InChI is InChI=1S/C26H35N3O5/c1-16(2)14-20(24(31)29-21-15-26(3,4)34-25(21)32)28-23(30)17-10-6-7-11-18(17)27-19-12-8-9-13-22(19)33-5/h6-13,16,20-21,25,27,32H,14-15H2,1-5H3,(H,28,30)(H,29,31)/t20?,21-,25-/m0/s1. The van der Waals surface area contributed by atoms with Crippen molar-refractivity contribution in [1.29, 1.82) is 0 Å². The first-order valence-corrected chi connectivity index (χ1v) is 11.6. The molecule has 2 aromatic carbocycles. The smallest absolute Gasteiger partial charge is 0.254 e. The van der Waals surface area contributed by atoms with Crippen molar-refractivity contribution in [3.8, 4) is 5.75 Å². The second-order valence-electron chi connectivity index (χ2n) is 9.61. The molecule has 4 N–H and O–H groups in total. The van der Waals surface area contributed by atoms with E-state index in [4.69, 9.17) is 9.47 Å². The summed E-state index contributed by atoms with van der Waals surface area (Å²) in [6.45, 7) is 7.70. The molecule has 1 saturated heterocycles. The maximum Gasteiger partial charge on any atom is 0.254 e. The van der Waals surface area contributed by atoms with E-state index < -0.39 is 24.0 Å². The normalized spacial score (nSPS) is 20.0. The van der Waals surface area contributed by atoms with Gasteiger partial charge in [-0.2, -0.15) is 0 Å². The summed E-state index contributed by atoms with van der Waals surface area (Å²) < 4.78 is 10.9. The van der Waals surface area contributed by atoms with Gasteiger partial charge < -0.3 is 30.5 Å². The number of nitrogens with one attached hydrogen (secondary N) is 3. The molecular formula is C26H35N3O5. The third-order valence-electron chi connectivity index (χ3n) is 5.70. The number of rotatable bonds is 9. The summed E-state index contributed by atoms with van der Waals surface area (Å²) in [4.78, 5) is 26.4. The van der Waals surface area contributed by atoms with Gasteiger partial charge >= 0.3 is 0 Å². The van der Waals surface area contributed by atoms with Crippen LogP contribution in [0.4, 0.5) is 11.4 Å². The minimum atomic E-state index is -1.08. The molecule has 34 heavy (non-hydrogen) atoms. The van der Waals surface area contributed by atoms with Gasteiger partial charge in [0.2, 0.25) is 5.91 Å². The van der Waals surface area contributed by atoms with Crippen molar-refractivity contribution in [3.63, 3.8) is 0 Å². The number of benzene rings is 2. The third kappa shape index (κ3) is 6.48. The van der Waals surface area contributed by atoms with E-state index in [0.29, 0.717) is 29.8 Å². The predicted molar refractivity (Wildman–Crippen MR) is 131 cm³/mol. The van der Waals surface area contributed by atoms with Crippen LogP contribution in [0.15, 0.2) is 48.5 Å². The van der Waals surface area contributed by atoms with Crippen LogP contribution < -0.4 is 20.7 Å². The molecule has 0 bridgehead atoms. The fourth-order valence-electron chi connectivity index (χ4n) is 4.12. The molecule has 8 heteroatoms. The average molecular weight is 470 g/mol. The monoisotopic (exact) mass is 469 g/mol. The van der Waals surface area contributed by atoms with E-state index in [1.54, 1.807) is 25.3 Å². The molecule has 3 atom stereocenters. The highest BCUT2D eigenvalue weighted by Crippen LogP contribution is 2.30. The first kappa shape index (κ1) is 25.5. The molecular weight excluding hydrogens is 434 g/mol. The average Bonchev–Trinajstić information content (AvgIpc) is 3.04. The van der Waals surface area contributed by atoms with Crippen LogP contribution >= 0.6 is 0 Å². The van der Waals surface area contributed by atoms with E-state index in [-0.39, 0.29) is 17.7 Å². The van der Waals surface area contributed by atoms with Gasteiger partial charge in [-0.05, 0) is 50.5 Å². The Labute approximate surface area is 201 Å². The van der Waals surface area contributed by atoms with Crippen LogP contribution in [0, 0.1) is 5.92 Å². The Morgan fingerprint density at radius 2 is 1.76 bits per heavy atom. The number of aliphatic hydroxyl groups is 1. The first-order valence-electron chi connectivity index (χ1n) is 11.6. The quantitative estimate of drug-likeness (QED) is 0.447. The van der Waals surface area contributed by atoms with Gasteiger partial charge in [0.1, 0.15) is 11.8 Å². The number of hydrogen-bond acceptors (Lipinski definition) is 6. The Morgan fingerprint density at radius 1 is 1.12 bits per heavy atom. The Balaban J connectivity index is 1.76. The van der Waals surface area contributed by atoms with E-state index in [1.165, 1.54) is 0 Å². The van der Waals surface area contributed by atoms with E-state index in [9.17, 15) is 14.7 Å². The van der Waals surface area contributed by atoms with E-state index in [1.807, 2.05) is 58.0 Å². The molecule has 3 rings (SSSR count). The van der Waals surface area contributed by atoms with Crippen molar-refractivity contribution in [2.75, 3.05) is 12.4 Å². The van der Waals surface area contributed by atoms with Crippen LogP contribution in [0.25, 0.3) is 0 Å². The molecule has 1 heterocycles. The topological polar surface area (TPSA) is 109 Å². The number of hydrogen-bond donors (Lipinski definition) is 4. The van der Waals surface area contributed by atoms with Crippen LogP contribution in [-0.4, -0.2) is 48.0 Å². The third-order valence-corrected chi connectivity index (χ3v) is 5.70. The lowest BCUT2D eigenvalue weighted by Gasteiger charge is -2.24. The Morgan fingerprint density at radius 3 is 2.38 bits per heavy atom. The van der Waals surface area contributed by atoms with Crippen molar-refractivity contribution in [3.05, 3.63) is 54.1 Å². The maximum atomic E-state index is 13.3. The number of ether oxygens (including phenoxy) is 2. The number of amides is 2. The van der Waals surface area contributed by atoms with Gasteiger partial charge in [0, 0.05) is 6.42 Å². The molecule has 1 aliphatic heterocycles. The van der Waals surface area contributed by atoms with Crippen LogP contribution in [0.2, 0.25) is 0 Å². The largest absolute Gasteiger partial charge is 0.495 e. The summed E-state index contributed by atoms with van der Waals surface area (Å²) in [6.07, 6.45) is -0.152. The molecule has 0 aliphatic carbocycles. The molecule has 1 fully saturated rings. The minimum absolute atomic E-state index is 0.166. The number of carbonyl (C=O) groups excluding carboxylic acids is 2. The Hall–Kier alpha value is -3.10. The highest BCUT2D eigenvalue weighted by atomic mass is 16.6. The van der Waals surface area contributed by atoms with Crippen LogP contribution in [-0.2, 0) is 9.53 Å². The number of anilines is 2. The SMILES string of the molecule is COc1ccccc1Nc1ccccc1C(=O)NC(CC(C)C)C(=O)N[C@H]1CC(C)(C)O[C@@H]1O. The van der Waals surface area contributed by atoms with E-state index >= 15 is 0 Å². The number of methoxy groups -OCH3 is 1. The number of carbonyl (C=O) groups is 2. The van der Waals surface area contributed by atoms with E-state index in [0.717, 1.165) is 5.69 Å². The van der Waals surface area contributed by atoms with Crippen molar-refractivity contribution in [2.45, 2.75) is 64.5 Å². The van der Waals surface area contributed by atoms with Gasteiger partial charge in [0.25, 0.3) is 5.91 Å². The molecule has 8 nitrogen and oxygen atoms in total. The Bertz CT molecular complexity index is 1010. The van der Waals surface area contributed by atoms with Gasteiger partial charge in [-0.1, -0.05) is 38.1 Å². The number of para-hydroxylation sites is 3. The second-order valence-corrected chi connectivity index (χ2v) is 9.61. The highest BCUT2D eigenvalue weighted by Gasteiger charge is 2.41. The molecule has 0 radical (unpaired) electrons. The summed E-state index contributed by atoms with van der Waals surface area (Å²) in [5.41, 5.74) is 1.19. The lowest BCUT2D eigenvalue weighted by Crippen LogP contribution is -2.52. The van der Waals surface area contributed by atoms with E-state index in [2.05, 4.69) is 16.0 Å². The zero-order valence-electron chi connectivity index (χ0n) is 20.4. The molecule has 1 unspecified atom stereocenters. The highest BCUT2D eigenvalue weighted by molar-refractivity contribution is 6.02. The van der Waals surface area contributed by atoms with Gasteiger partial charge in [-0.3, -0.25) is 9.59 Å². The minimum Gasteiger partial charge on any atom is -0.495 e. The maximum absolute atomic E-state index is 13.3. The predicted octanol–water partition coefficient (Wildman–Crippen LogP) is 3.59. The number of aliphatic hydroxyl groups excluding tert-OH is 1. The second kappa shape index (κ2) is 10.9. The van der Waals surface area contributed by atoms with Gasteiger partial charge in [0.05, 0.1) is 35.7 Å². The summed E-state index contributed by atoms with van der Waals surface area (Å²) in [5, 5.41) is 19.2. The molecule has 2 aromatic rings. The zero-order chi connectivity index (χ0) is 24.9. The van der Waals surface area contributed by atoms with Crippen molar-refractivity contribution in [2.24, 2.45) is 5.92 Å². The van der Waals surface area contributed by atoms with Crippen molar-refractivity contribution in [1.82, 2.24) is 10.6 Å².